The number of carbonyl (C=O) groups is 1. The maximum absolute atomic E-state index is 15.0. The van der Waals surface area contributed by atoms with Gasteiger partial charge in [0.25, 0.3) is 5.92 Å². The predicted molar refractivity (Wildman–Crippen MR) is 160 cm³/mol. The molecule has 0 saturated carbocycles. The Balaban J connectivity index is 1.66. The number of fused-ring (bicyclic) bond motifs is 1. The monoisotopic (exact) mass is 599 g/mol. The standard InChI is InChI=1S/C31H35F2N3O5S/c1-20(2)17-31(32,33)22-11-8-7-10-21(22)18-41-27-16-28(42-29(27)30(37)39-6)36-19-34-23-14-25(38-5)26(15-24(23)36)40-13-9-12-35(3)4/h7-8,10-11,14-16,19H,1,9,12-13,17-18H2,2-6H3. The fourth-order valence-corrected chi connectivity index (χ4v) is 5.49. The molecule has 0 fully saturated rings. The van der Waals surface area contributed by atoms with Gasteiger partial charge in [0.1, 0.15) is 23.7 Å². The van der Waals surface area contributed by atoms with Crippen molar-refractivity contribution in [1.82, 2.24) is 14.5 Å². The van der Waals surface area contributed by atoms with Crippen molar-refractivity contribution in [3.05, 3.63) is 76.9 Å². The van der Waals surface area contributed by atoms with Gasteiger partial charge in [0, 0.05) is 36.7 Å². The lowest BCUT2D eigenvalue weighted by molar-refractivity contribution is -0.00529. The Morgan fingerprint density at radius 2 is 1.86 bits per heavy atom. The Kier molecular flexibility index (Phi) is 9.85. The van der Waals surface area contributed by atoms with Crippen molar-refractivity contribution in [3.63, 3.8) is 0 Å². The number of hydrogen-bond donors (Lipinski definition) is 0. The first kappa shape index (κ1) is 31.0. The van der Waals surface area contributed by atoms with Crippen molar-refractivity contribution < 1.29 is 32.5 Å². The molecular weight excluding hydrogens is 564 g/mol. The molecule has 2 aromatic heterocycles. The van der Waals surface area contributed by atoms with Gasteiger partial charge >= 0.3 is 5.97 Å². The molecule has 0 spiro atoms. The Labute approximate surface area is 248 Å². The van der Waals surface area contributed by atoms with Crippen molar-refractivity contribution in [2.75, 3.05) is 41.5 Å². The molecule has 0 unspecified atom stereocenters. The highest BCUT2D eigenvalue weighted by Gasteiger charge is 2.34. The Morgan fingerprint density at radius 3 is 2.55 bits per heavy atom. The van der Waals surface area contributed by atoms with Crippen LogP contribution in [0.1, 0.15) is 40.6 Å². The largest absolute Gasteiger partial charge is 0.493 e. The number of benzene rings is 2. The zero-order valence-electron chi connectivity index (χ0n) is 24.4. The summed E-state index contributed by atoms with van der Waals surface area (Å²) in [5.41, 5.74) is 1.93. The summed E-state index contributed by atoms with van der Waals surface area (Å²) in [6, 6.07) is 11.5. The van der Waals surface area contributed by atoms with Crippen molar-refractivity contribution >= 4 is 28.3 Å². The SMILES string of the molecule is C=C(C)CC(F)(F)c1ccccc1COc1cc(-n2cnc3cc(OC)c(OCCCN(C)C)cc32)sc1C(=O)OC. The number of allylic oxidation sites excluding steroid dienone is 1. The maximum atomic E-state index is 15.0. The second-order valence-corrected chi connectivity index (χ2v) is 11.2. The van der Waals surface area contributed by atoms with Crippen LogP contribution in [0.25, 0.3) is 16.0 Å². The minimum atomic E-state index is -3.11. The van der Waals surface area contributed by atoms with Gasteiger partial charge in [-0.1, -0.05) is 36.4 Å². The summed E-state index contributed by atoms with van der Waals surface area (Å²) in [7, 11) is 6.86. The summed E-state index contributed by atoms with van der Waals surface area (Å²) in [4.78, 5) is 19.5. The molecule has 0 N–H and O–H groups in total. The van der Waals surface area contributed by atoms with E-state index in [0.717, 1.165) is 29.8 Å². The van der Waals surface area contributed by atoms with Crippen molar-refractivity contribution in [2.45, 2.75) is 32.3 Å². The molecule has 0 amide bonds. The third kappa shape index (κ3) is 7.08. The lowest BCUT2D eigenvalue weighted by Gasteiger charge is -2.20. The van der Waals surface area contributed by atoms with E-state index in [-0.39, 0.29) is 22.8 Å². The molecule has 8 nitrogen and oxygen atoms in total. The highest BCUT2D eigenvalue weighted by atomic mass is 32.1. The second-order valence-electron chi connectivity index (χ2n) is 10.2. The molecule has 0 aliphatic heterocycles. The van der Waals surface area contributed by atoms with Crippen LogP contribution in [0.3, 0.4) is 0 Å². The van der Waals surface area contributed by atoms with Crippen LogP contribution < -0.4 is 14.2 Å². The van der Waals surface area contributed by atoms with Crippen LogP contribution in [0.2, 0.25) is 0 Å². The third-order valence-electron chi connectivity index (χ3n) is 6.45. The topological polar surface area (TPSA) is 75.1 Å². The van der Waals surface area contributed by atoms with Crippen molar-refractivity contribution in [3.8, 4) is 22.2 Å². The molecule has 4 aromatic rings. The quantitative estimate of drug-likeness (QED) is 0.0892. The molecule has 0 saturated heterocycles. The number of ether oxygens (including phenoxy) is 4. The number of imidazole rings is 1. The number of aromatic nitrogens is 2. The lowest BCUT2D eigenvalue weighted by Crippen LogP contribution is -2.17. The maximum Gasteiger partial charge on any atom is 0.351 e. The van der Waals surface area contributed by atoms with E-state index in [0.29, 0.717) is 39.8 Å². The predicted octanol–water partition coefficient (Wildman–Crippen LogP) is 6.85. The molecule has 0 radical (unpaired) electrons. The Hall–Kier alpha value is -3.96. The van der Waals surface area contributed by atoms with Crippen molar-refractivity contribution in [1.29, 1.82) is 0 Å². The molecule has 224 valence electrons. The van der Waals surface area contributed by atoms with Gasteiger partial charge in [-0.2, -0.15) is 0 Å². The van der Waals surface area contributed by atoms with E-state index in [1.807, 2.05) is 20.2 Å². The van der Waals surface area contributed by atoms with Crippen LogP contribution in [-0.2, 0) is 17.3 Å². The average molecular weight is 600 g/mol. The van der Waals surface area contributed by atoms with Crippen LogP contribution >= 0.6 is 11.3 Å². The summed E-state index contributed by atoms with van der Waals surface area (Å²) in [6.07, 6.45) is 1.99. The highest BCUT2D eigenvalue weighted by molar-refractivity contribution is 7.16. The first-order valence-corrected chi connectivity index (χ1v) is 14.1. The Morgan fingerprint density at radius 1 is 1.10 bits per heavy atom. The zero-order chi connectivity index (χ0) is 30.4. The molecule has 2 heterocycles. The van der Waals surface area contributed by atoms with Gasteiger partial charge in [-0.15, -0.1) is 11.3 Å². The minimum absolute atomic E-state index is 0.143. The minimum Gasteiger partial charge on any atom is -0.493 e. The van der Waals surface area contributed by atoms with Gasteiger partial charge in [0.05, 0.1) is 31.9 Å². The molecule has 0 aliphatic rings. The normalized spacial score (nSPS) is 11.6. The highest BCUT2D eigenvalue weighted by Crippen LogP contribution is 2.39. The molecule has 4 rings (SSSR count). The van der Waals surface area contributed by atoms with Crippen LogP contribution in [-0.4, -0.2) is 61.9 Å². The first-order valence-electron chi connectivity index (χ1n) is 13.3. The molecule has 11 heteroatoms. The van der Waals surface area contributed by atoms with Crippen molar-refractivity contribution in [2.24, 2.45) is 0 Å². The molecule has 0 bridgehead atoms. The number of thiophene rings is 1. The van der Waals surface area contributed by atoms with Crippen LogP contribution in [0.15, 0.2) is 60.9 Å². The van der Waals surface area contributed by atoms with Gasteiger partial charge in [0.2, 0.25) is 0 Å². The van der Waals surface area contributed by atoms with E-state index in [4.69, 9.17) is 18.9 Å². The summed E-state index contributed by atoms with van der Waals surface area (Å²) < 4.78 is 54.3. The van der Waals surface area contributed by atoms with E-state index in [2.05, 4.69) is 16.5 Å². The van der Waals surface area contributed by atoms with Gasteiger partial charge in [0.15, 0.2) is 16.4 Å². The molecule has 0 aliphatic carbocycles. The third-order valence-corrected chi connectivity index (χ3v) is 7.55. The number of alkyl halides is 2. The second kappa shape index (κ2) is 13.3. The number of rotatable bonds is 14. The molecule has 2 aromatic carbocycles. The van der Waals surface area contributed by atoms with Gasteiger partial charge in [-0.05, 0) is 33.0 Å². The number of esters is 1. The first-order chi connectivity index (χ1) is 20.0. The van der Waals surface area contributed by atoms with E-state index in [1.54, 1.807) is 55.3 Å². The summed E-state index contributed by atoms with van der Waals surface area (Å²) in [6.45, 7) is 6.42. The van der Waals surface area contributed by atoms with Crippen LogP contribution in [0, 0.1) is 0 Å². The number of hydrogen-bond acceptors (Lipinski definition) is 8. The summed E-state index contributed by atoms with van der Waals surface area (Å²) in [5, 5.41) is 0.623. The van der Waals surface area contributed by atoms with Gasteiger partial charge in [-0.25, -0.2) is 18.6 Å². The molecular formula is C31H35F2N3O5S. The number of nitrogens with zero attached hydrogens (tertiary/aromatic N) is 3. The molecule has 0 atom stereocenters. The van der Waals surface area contributed by atoms with E-state index in [1.165, 1.54) is 13.2 Å². The smallest absolute Gasteiger partial charge is 0.351 e. The average Bonchev–Trinajstić information content (AvgIpc) is 3.56. The Bertz CT molecular complexity index is 1560. The van der Waals surface area contributed by atoms with Crippen LogP contribution in [0.4, 0.5) is 8.78 Å². The zero-order valence-corrected chi connectivity index (χ0v) is 25.2. The van der Waals surface area contributed by atoms with Gasteiger partial charge < -0.3 is 23.8 Å². The lowest BCUT2D eigenvalue weighted by atomic mass is 9.97. The fourth-order valence-electron chi connectivity index (χ4n) is 4.48. The number of carbonyl (C=O) groups excluding carboxylic acids is 1. The number of methoxy groups -OCH3 is 2. The number of halogens is 2. The van der Waals surface area contributed by atoms with Gasteiger partial charge in [-0.3, -0.25) is 4.57 Å². The summed E-state index contributed by atoms with van der Waals surface area (Å²) in [5.74, 6) is -2.36. The van der Waals surface area contributed by atoms with Crippen LogP contribution in [0.5, 0.6) is 17.2 Å². The summed E-state index contributed by atoms with van der Waals surface area (Å²) >= 11 is 1.14. The fraction of sp³-hybridized carbons (Fsp3) is 0.355. The van der Waals surface area contributed by atoms with E-state index in [9.17, 15) is 13.6 Å². The molecule has 42 heavy (non-hydrogen) atoms. The van der Waals surface area contributed by atoms with E-state index < -0.39 is 18.3 Å². The van der Waals surface area contributed by atoms with E-state index >= 15 is 0 Å².